The van der Waals surface area contributed by atoms with Crippen LogP contribution in [-0.2, 0) is 16.1 Å². The van der Waals surface area contributed by atoms with Crippen LogP contribution in [-0.4, -0.2) is 31.0 Å². The van der Waals surface area contributed by atoms with E-state index in [0.29, 0.717) is 40.7 Å². The number of fused-ring (bicyclic) bond motifs is 1. The molecule has 0 bridgehead atoms. The summed E-state index contributed by atoms with van der Waals surface area (Å²) < 4.78 is 12.8. The summed E-state index contributed by atoms with van der Waals surface area (Å²) in [6.45, 7) is 2.50. The number of rotatable bonds is 7. The highest BCUT2D eigenvalue weighted by Gasteiger charge is 2.26. The number of ether oxygens (including phenoxy) is 2. The van der Waals surface area contributed by atoms with Crippen molar-refractivity contribution in [3.63, 3.8) is 0 Å². The Morgan fingerprint density at radius 2 is 1.61 bits per heavy atom. The Bertz CT molecular complexity index is 1310. The molecule has 0 unspecified atom stereocenters. The van der Waals surface area contributed by atoms with E-state index in [0.717, 1.165) is 22.2 Å². The maximum atomic E-state index is 12.9. The van der Waals surface area contributed by atoms with Crippen molar-refractivity contribution in [1.29, 1.82) is 0 Å². The predicted molar refractivity (Wildman–Crippen MR) is 130 cm³/mol. The van der Waals surface area contributed by atoms with Crippen LogP contribution in [0.1, 0.15) is 11.3 Å². The number of nitrogens with zero attached hydrogens (tertiary/aromatic N) is 2. The van der Waals surface area contributed by atoms with Crippen molar-refractivity contribution in [2.75, 3.05) is 19.1 Å². The third kappa shape index (κ3) is 4.30. The number of carbonyl (C=O) groups excluding carboxylic acids is 2. The van der Waals surface area contributed by atoms with Gasteiger partial charge in [0.2, 0.25) is 6.29 Å². The van der Waals surface area contributed by atoms with E-state index in [2.05, 4.69) is 4.57 Å². The van der Waals surface area contributed by atoms with Crippen molar-refractivity contribution in [2.45, 2.75) is 13.5 Å². The number of anilines is 2. The summed E-state index contributed by atoms with van der Waals surface area (Å²) in [4.78, 5) is 26.0. The van der Waals surface area contributed by atoms with Gasteiger partial charge in [-0.1, -0.05) is 23.7 Å². The normalized spacial score (nSPS) is 10.8. The SMILES string of the molecule is COc1ccc(N(C(=O)C=O)c2c(C)n(Cc3ccc(Cl)cc3)c3ccc(OC)cc23)cc1. The zero-order valence-corrected chi connectivity index (χ0v) is 19.3. The van der Waals surface area contributed by atoms with Gasteiger partial charge in [0.15, 0.2) is 0 Å². The van der Waals surface area contributed by atoms with E-state index in [1.165, 1.54) is 4.90 Å². The fourth-order valence-corrected chi connectivity index (χ4v) is 4.11. The molecule has 7 heteroatoms. The maximum Gasteiger partial charge on any atom is 0.295 e. The molecule has 0 saturated heterocycles. The smallest absolute Gasteiger partial charge is 0.295 e. The summed E-state index contributed by atoms with van der Waals surface area (Å²) in [6.07, 6.45) is 0.326. The van der Waals surface area contributed by atoms with Gasteiger partial charge in [-0.25, -0.2) is 0 Å². The number of amides is 1. The molecule has 4 aromatic rings. The summed E-state index contributed by atoms with van der Waals surface area (Å²) >= 11 is 6.05. The fraction of sp³-hybridized carbons (Fsp3) is 0.154. The molecule has 0 spiro atoms. The number of aldehydes is 1. The number of hydrogen-bond donors (Lipinski definition) is 0. The molecule has 0 aliphatic heterocycles. The van der Waals surface area contributed by atoms with Crippen LogP contribution in [0.4, 0.5) is 11.4 Å². The van der Waals surface area contributed by atoms with Crippen LogP contribution in [0.3, 0.4) is 0 Å². The highest BCUT2D eigenvalue weighted by atomic mass is 35.5. The van der Waals surface area contributed by atoms with Crippen LogP contribution in [0.5, 0.6) is 11.5 Å². The lowest BCUT2D eigenvalue weighted by Gasteiger charge is -2.22. The second-order valence-electron chi connectivity index (χ2n) is 7.52. The Hall–Kier alpha value is -3.77. The standard InChI is InChI=1S/C26H23ClN2O4/c1-17-26(29(25(31)16-30)20-8-10-21(32-2)11-9-20)23-14-22(33-3)12-13-24(23)28(17)15-18-4-6-19(27)7-5-18/h4-14,16H,15H2,1-3H3. The number of aromatic nitrogens is 1. The molecule has 0 aliphatic carbocycles. The van der Waals surface area contributed by atoms with Gasteiger partial charge in [0.25, 0.3) is 5.91 Å². The van der Waals surface area contributed by atoms with Crippen LogP contribution >= 0.6 is 11.6 Å². The Morgan fingerprint density at radius 3 is 2.21 bits per heavy atom. The molecule has 0 atom stereocenters. The molecular weight excluding hydrogens is 440 g/mol. The van der Waals surface area contributed by atoms with Gasteiger partial charge < -0.3 is 14.0 Å². The van der Waals surface area contributed by atoms with Gasteiger partial charge in [-0.05, 0) is 67.1 Å². The van der Waals surface area contributed by atoms with Gasteiger partial charge in [-0.3, -0.25) is 14.5 Å². The minimum atomic E-state index is -0.670. The minimum absolute atomic E-state index is 0.326. The van der Waals surface area contributed by atoms with Crippen LogP contribution < -0.4 is 14.4 Å². The number of methoxy groups -OCH3 is 2. The first-order valence-electron chi connectivity index (χ1n) is 10.3. The Kier molecular flexibility index (Phi) is 6.38. The zero-order chi connectivity index (χ0) is 23.5. The third-order valence-corrected chi connectivity index (χ3v) is 5.88. The molecule has 1 aromatic heterocycles. The highest BCUT2D eigenvalue weighted by Crippen LogP contribution is 2.40. The third-order valence-electron chi connectivity index (χ3n) is 5.63. The van der Waals surface area contributed by atoms with Crippen molar-refractivity contribution in [2.24, 2.45) is 0 Å². The van der Waals surface area contributed by atoms with E-state index in [9.17, 15) is 9.59 Å². The molecule has 3 aromatic carbocycles. The van der Waals surface area contributed by atoms with Gasteiger partial charge in [-0.2, -0.15) is 0 Å². The quantitative estimate of drug-likeness (QED) is 0.267. The molecule has 0 radical (unpaired) electrons. The Morgan fingerprint density at radius 1 is 0.970 bits per heavy atom. The van der Waals surface area contributed by atoms with Gasteiger partial charge in [0, 0.05) is 28.3 Å². The first-order valence-corrected chi connectivity index (χ1v) is 10.7. The minimum Gasteiger partial charge on any atom is -0.497 e. The van der Waals surface area contributed by atoms with Crippen molar-refractivity contribution in [1.82, 2.24) is 4.57 Å². The Labute approximate surface area is 196 Å². The van der Waals surface area contributed by atoms with Crippen LogP contribution in [0.15, 0.2) is 66.7 Å². The zero-order valence-electron chi connectivity index (χ0n) is 18.5. The first-order chi connectivity index (χ1) is 16.0. The van der Waals surface area contributed by atoms with Crippen LogP contribution in [0, 0.1) is 6.92 Å². The van der Waals surface area contributed by atoms with Crippen molar-refractivity contribution < 1.29 is 19.1 Å². The molecule has 168 valence electrons. The molecule has 1 amide bonds. The van der Waals surface area contributed by atoms with Gasteiger partial charge >= 0.3 is 0 Å². The van der Waals surface area contributed by atoms with Gasteiger partial charge in [0.05, 0.1) is 25.4 Å². The van der Waals surface area contributed by atoms with E-state index >= 15 is 0 Å². The summed E-state index contributed by atoms with van der Waals surface area (Å²) in [5.41, 5.74) is 3.98. The van der Waals surface area contributed by atoms with E-state index < -0.39 is 5.91 Å². The van der Waals surface area contributed by atoms with Crippen LogP contribution in [0.2, 0.25) is 5.02 Å². The highest BCUT2D eigenvalue weighted by molar-refractivity contribution is 6.34. The summed E-state index contributed by atoms with van der Waals surface area (Å²) in [6, 6.07) is 20.4. The summed E-state index contributed by atoms with van der Waals surface area (Å²) in [7, 11) is 3.17. The first kappa shape index (κ1) is 22.4. The topological polar surface area (TPSA) is 60.8 Å². The molecule has 0 aliphatic rings. The average Bonchev–Trinajstić information content (AvgIpc) is 3.11. The van der Waals surface area contributed by atoms with Crippen molar-refractivity contribution >= 4 is 46.1 Å². The van der Waals surface area contributed by atoms with E-state index in [1.807, 2.05) is 49.4 Å². The maximum absolute atomic E-state index is 12.9. The van der Waals surface area contributed by atoms with Crippen molar-refractivity contribution in [3.05, 3.63) is 83.0 Å². The second kappa shape index (κ2) is 9.38. The lowest BCUT2D eigenvalue weighted by Crippen LogP contribution is -2.27. The molecule has 0 fully saturated rings. The van der Waals surface area contributed by atoms with Crippen molar-refractivity contribution in [3.8, 4) is 11.5 Å². The monoisotopic (exact) mass is 462 g/mol. The average molecular weight is 463 g/mol. The lowest BCUT2D eigenvalue weighted by molar-refractivity contribution is -0.129. The largest absolute Gasteiger partial charge is 0.497 e. The number of hydrogen-bond acceptors (Lipinski definition) is 4. The van der Waals surface area contributed by atoms with Crippen LogP contribution in [0.25, 0.3) is 10.9 Å². The molecule has 0 N–H and O–H groups in total. The van der Waals surface area contributed by atoms with Gasteiger partial charge in [0.1, 0.15) is 11.5 Å². The lowest BCUT2D eigenvalue weighted by atomic mass is 10.1. The van der Waals surface area contributed by atoms with E-state index in [1.54, 1.807) is 38.5 Å². The summed E-state index contributed by atoms with van der Waals surface area (Å²) in [5, 5.41) is 1.47. The summed E-state index contributed by atoms with van der Waals surface area (Å²) in [5.74, 6) is 0.637. The number of carbonyl (C=O) groups is 2. The van der Waals surface area contributed by atoms with E-state index in [4.69, 9.17) is 21.1 Å². The number of benzene rings is 3. The Balaban J connectivity index is 1.94. The fourth-order valence-electron chi connectivity index (χ4n) is 3.98. The molecule has 33 heavy (non-hydrogen) atoms. The number of halogens is 1. The molecular formula is C26H23ClN2O4. The molecule has 6 nitrogen and oxygen atoms in total. The molecule has 1 heterocycles. The van der Waals surface area contributed by atoms with E-state index in [-0.39, 0.29) is 0 Å². The predicted octanol–water partition coefficient (Wildman–Crippen LogP) is 5.53. The molecule has 4 rings (SSSR count). The molecule has 0 saturated carbocycles. The van der Waals surface area contributed by atoms with Gasteiger partial charge in [-0.15, -0.1) is 0 Å². The second-order valence-corrected chi connectivity index (χ2v) is 7.96.